The van der Waals surface area contributed by atoms with Crippen LogP contribution >= 0.6 is 0 Å². The molecule has 1 aromatic heterocycles. The molecule has 1 aromatic carbocycles. The number of carbonyl (C=O) groups excluding carboxylic acids is 2. The molecule has 29 heavy (non-hydrogen) atoms. The Morgan fingerprint density at radius 1 is 1.14 bits per heavy atom. The quantitative estimate of drug-likeness (QED) is 0.476. The first-order valence-corrected chi connectivity index (χ1v) is 9.33. The number of carbonyl (C=O) groups is 2. The number of amides is 2. The van der Waals surface area contributed by atoms with Crippen LogP contribution in [0.2, 0.25) is 0 Å². The first kappa shape index (κ1) is 20.6. The van der Waals surface area contributed by atoms with Gasteiger partial charge in [-0.25, -0.2) is 5.43 Å². The molecule has 9 nitrogen and oxygen atoms in total. The van der Waals surface area contributed by atoms with Crippen LogP contribution in [0.1, 0.15) is 11.3 Å². The first-order valence-electron chi connectivity index (χ1n) is 9.33. The number of morpholine rings is 1. The first-order chi connectivity index (χ1) is 14.2. The summed E-state index contributed by atoms with van der Waals surface area (Å²) in [6.45, 7) is 3.33. The number of furan rings is 1. The third-order valence-corrected chi connectivity index (χ3v) is 4.16. The van der Waals surface area contributed by atoms with Crippen LogP contribution in [0.15, 0.2) is 52.2 Å². The van der Waals surface area contributed by atoms with Gasteiger partial charge >= 0.3 is 0 Å². The van der Waals surface area contributed by atoms with Crippen molar-refractivity contribution in [3.63, 3.8) is 0 Å². The summed E-state index contributed by atoms with van der Waals surface area (Å²) in [5.41, 5.74) is 3.31. The Morgan fingerprint density at radius 3 is 2.66 bits per heavy atom. The third-order valence-electron chi connectivity index (χ3n) is 4.16. The van der Waals surface area contributed by atoms with Crippen molar-refractivity contribution in [1.29, 1.82) is 0 Å². The molecule has 2 N–H and O–H groups in total. The lowest BCUT2D eigenvalue weighted by atomic mass is 10.2. The Bertz CT molecular complexity index is 799. The van der Waals surface area contributed by atoms with E-state index in [0.29, 0.717) is 37.8 Å². The maximum atomic E-state index is 11.9. The molecule has 0 atom stereocenters. The summed E-state index contributed by atoms with van der Waals surface area (Å²) in [4.78, 5) is 25.7. The van der Waals surface area contributed by atoms with E-state index in [9.17, 15) is 9.59 Å². The van der Waals surface area contributed by atoms with Crippen LogP contribution in [0.5, 0.6) is 5.75 Å². The number of nitrogens with zero attached hydrogens (tertiary/aromatic N) is 2. The van der Waals surface area contributed by atoms with Gasteiger partial charge in [0, 0.05) is 13.1 Å². The summed E-state index contributed by atoms with van der Waals surface area (Å²) in [7, 11) is 0. The molecule has 0 unspecified atom stereocenters. The van der Waals surface area contributed by atoms with Gasteiger partial charge in [-0.1, -0.05) is 0 Å². The molecule has 2 heterocycles. The van der Waals surface area contributed by atoms with Gasteiger partial charge in [0.2, 0.25) is 0 Å². The van der Waals surface area contributed by atoms with E-state index in [1.165, 1.54) is 0 Å². The zero-order chi connectivity index (χ0) is 20.3. The fraction of sp³-hybridized carbons (Fsp3) is 0.350. The Hall–Kier alpha value is -3.17. The van der Waals surface area contributed by atoms with E-state index in [2.05, 4.69) is 15.8 Å². The van der Waals surface area contributed by atoms with Crippen molar-refractivity contribution in [2.45, 2.75) is 6.54 Å². The van der Waals surface area contributed by atoms with Crippen LogP contribution < -0.4 is 15.5 Å². The van der Waals surface area contributed by atoms with Gasteiger partial charge in [-0.15, -0.1) is 0 Å². The zero-order valence-electron chi connectivity index (χ0n) is 16.0. The van der Waals surface area contributed by atoms with Gasteiger partial charge in [0.1, 0.15) is 11.5 Å². The van der Waals surface area contributed by atoms with Crippen LogP contribution in [0.25, 0.3) is 0 Å². The molecule has 1 aliphatic heterocycles. The van der Waals surface area contributed by atoms with E-state index in [1.807, 2.05) is 4.90 Å². The highest BCUT2D eigenvalue weighted by Gasteiger charge is 2.13. The lowest BCUT2D eigenvalue weighted by Crippen LogP contribution is -2.42. The number of hydrogen-bond acceptors (Lipinski definition) is 7. The summed E-state index contributed by atoms with van der Waals surface area (Å²) < 4.78 is 15.8. The second-order valence-electron chi connectivity index (χ2n) is 6.40. The predicted octanol–water partition coefficient (Wildman–Crippen LogP) is 0.757. The molecule has 0 spiro atoms. The summed E-state index contributed by atoms with van der Waals surface area (Å²) in [5.74, 6) is 0.837. The molecule has 154 valence electrons. The van der Waals surface area contributed by atoms with Gasteiger partial charge in [0.25, 0.3) is 11.8 Å². The van der Waals surface area contributed by atoms with E-state index in [0.717, 1.165) is 18.7 Å². The Kier molecular flexibility index (Phi) is 7.79. The molecule has 1 aliphatic rings. The summed E-state index contributed by atoms with van der Waals surface area (Å²) in [6.07, 6.45) is 3.11. The van der Waals surface area contributed by atoms with Crippen LogP contribution in [-0.4, -0.2) is 62.4 Å². The molecule has 0 aliphatic carbocycles. The average Bonchev–Trinajstić information content (AvgIpc) is 3.26. The highest BCUT2D eigenvalue weighted by atomic mass is 16.5. The molecule has 3 rings (SSSR count). The van der Waals surface area contributed by atoms with Crippen LogP contribution in [0, 0.1) is 0 Å². The maximum Gasteiger partial charge on any atom is 0.258 e. The van der Waals surface area contributed by atoms with Crippen molar-refractivity contribution in [3.8, 4) is 5.75 Å². The lowest BCUT2D eigenvalue weighted by molar-refractivity contribution is -0.124. The maximum absolute atomic E-state index is 11.9. The fourth-order valence-electron chi connectivity index (χ4n) is 2.63. The molecule has 0 bridgehead atoms. The predicted molar refractivity (Wildman–Crippen MR) is 105 cm³/mol. The number of hydrogen-bond donors (Lipinski definition) is 2. The van der Waals surface area contributed by atoms with Crippen molar-refractivity contribution in [1.82, 2.24) is 15.6 Å². The second-order valence-corrected chi connectivity index (χ2v) is 6.40. The molecule has 0 saturated carbocycles. The van der Waals surface area contributed by atoms with Gasteiger partial charge in [0.05, 0.1) is 38.8 Å². The summed E-state index contributed by atoms with van der Waals surface area (Å²) in [6, 6.07) is 10.6. The van der Waals surface area contributed by atoms with Crippen molar-refractivity contribution in [2.24, 2.45) is 5.10 Å². The SMILES string of the molecule is O=C(COc1ccc(/C=N\NC(=O)CN2CCOCC2)cc1)NCc1ccco1. The molecule has 0 radical (unpaired) electrons. The third kappa shape index (κ3) is 7.40. The number of ether oxygens (including phenoxy) is 2. The molecule has 2 amide bonds. The smallest absolute Gasteiger partial charge is 0.258 e. The summed E-state index contributed by atoms with van der Waals surface area (Å²) >= 11 is 0. The minimum atomic E-state index is -0.241. The van der Waals surface area contributed by atoms with Crippen molar-refractivity contribution < 1.29 is 23.5 Å². The van der Waals surface area contributed by atoms with E-state index >= 15 is 0 Å². The Morgan fingerprint density at radius 2 is 1.93 bits per heavy atom. The standard InChI is InChI=1S/C20H24N4O5/c25-19(14-24-7-10-27-11-8-24)23-22-12-16-3-5-17(6-4-16)29-15-20(26)21-13-18-2-1-9-28-18/h1-6,9,12H,7-8,10-11,13-15H2,(H,21,26)(H,23,25)/b22-12-. The highest BCUT2D eigenvalue weighted by molar-refractivity contribution is 5.83. The molecule has 2 aromatic rings. The monoisotopic (exact) mass is 400 g/mol. The van der Waals surface area contributed by atoms with Gasteiger partial charge in [-0.2, -0.15) is 5.10 Å². The van der Waals surface area contributed by atoms with Crippen LogP contribution in [-0.2, 0) is 20.9 Å². The van der Waals surface area contributed by atoms with Crippen molar-refractivity contribution >= 4 is 18.0 Å². The molecular formula is C20H24N4O5. The topological polar surface area (TPSA) is 105 Å². The Balaban J connectivity index is 1.35. The summed E-state index contributed by atoms with van der Waals surface area (Å²) in [5, 5.41) is 6.67. The number of nitrogens with one attached hydrogen (secondary N) is 2. The van der Waals surface area contributed by atoms with Gasteiger partial charge < -0.3 is 19.2 Å². The van der Waals surface area contributed by atoms with Crippen LogP contribution in [0.3, 0.4) is 0 Å². The van der Waals surface area contributed by atoms with Gasteiger partial charge in [-0.05, 0) is 42.0 Å². The molecule has 9 heteroatoms. The van der Waals surface area contributed by atoms with Crippen molar-refractivity contribution in [2.75, 3.05) is 39.5 Å². The largest absolute Gasteiger partial charge is 0.484 e. The van der Waals surface area contributed by atoms with E-state index in [1.54, 1.807) is 48.9 Å². The van der Waals surface area contributed by atoms with Gasteiger partial charge in [0.15, 0.2) is 6.61 Å². The number of rotatable bonds is 9. The highest BCUT2D eigenvalue weighted by Crippen LogP contribution is 2.11. The minimum absolute atomic E-state index is 0.0915. The fourth-order valence-corrected chi connectivity index (χ4v) is 2.63. The van der Waals surface area contributed by atoms with E-state index < -0.39 is 0 Å². The number of benzene rings is 1. The normalized spacial score (nSPS) is 14.6. The van der Waals surface area contributed by atoms with Gasteiger partial charge in [-0.3, -0.25) is 14.5 Å². The second kappa shape index (κ2) is 11.0. The number of hydrazone groups is 1. The molecule has 1 saturated heterocycles. The molecular weight excluding hydrogens is 376 g/mol. The van der Waals surface area contributed by atoms with E-state index in [-0.39, 0.29) is 18.4 Å². The minimum Gasteiger partial charge on any atom is -0.484 e. The molecule has 1 fully saturated rings. The van der Waals surface area contributed by atoms with E-state index in [4.69, 9.17) is 13.9 Å². The zero-order valence-corrected chi connectivity index (χ0v) is 16.0. The Labute approximate surface area is 168 Å². The van der Waals surface area contributed by atoms with Crippen molar-refractivity contribution in [3.05, 3.63) is 54.0 Å². The lowest BCUT2D eigenvalue weighted by Gasteiger charge is -2.25. The van der Waals surface area contributed by atoms with Crippen LogP contribution in [0.4, 0.5) is 0 Å². The average molecular weight is 400 g/mol.